The molecular weight excluding hydrogens is 356 g/mol. The quantitative estimate of drug-likeness (QED) is 0.632. The van der Waals surface area contributed by atoms with E-state index in [0.29, 0.717) is 22.8 Å². The second kappa shape index (κ2) is 8.42. The molecule has 0 fully saturated rings. The lowest BCUT2D eigenvalue weighted by molar-refractivity contribution is -0.114. The molecule has 0 unspecified atom stereocenters. The van der Waals surface area contributed by atoms with Crippen LogP contribution >= 0.6 is 0 Å². The summed E-state index contributed by atoms with van der Waals surface area (Å²) in [6.45, 7) is 1.42. The zero-order chi connectivity index (χ0) is 19.9. The van der Waals surface area contributed by atoms with Crippen molar-refractivity contribution < 1.29 is 9.59 Å². The Labute approximate surface area is 161 Å². The Morgan fingerprint density at radius 2 is 1.43 bits per heavy atom. The Hall–Kier alpha value is -4.25. The van der Waals surface area contributed by atoms with Gasteiger partial charge < -0.3 is 16.0 Å². The molecule has 8 nitrogen and oxygen atoms in total. The van der Waals surface area contributed by atoms with E-state index in [0.717, 1.165) is 5.69 Å². The fraction of sp³-hybridized carbons (Fsp3) is 0.0500. The molecule has 0 saturated heterocycles. The highest BCUT2D eigenvalue weighted by Crippen LogP contribution is 2.16. The van der Waals surface area contributed by atoms with Crippen molar-refractivity contribution in [1.29, 1.82) is 5.26 Å². The van der Waals surface area contributed by atoms with Gasteiger partial charge in [-0.25, -0.2) is 0 Å². The van der Waals surface area contributed by atoms with Crippen molar-refractivity contribution in [2.75, 3.05) is 16.0 Å². The van der Waals surface area contributed by atoms with Crippen molar-refractivity contribution in [2.24, 2.45) is 0 Å². The molecule has 0 aliphatic rings. The van der Waals surface area contributed by atoms with Gasteiger partial charge in [0.1, 0.15) is 0 Å². The highest BCUT2D eigenvalue weighted by atomic mass is 16.2. The van der Waals surface area contributed by atoms with E-state index in [-0.39, 0.29) is 11.6 Å². The Balaban J connectivity index is 1.61. The van der Waals surface area contributed by atoms with Gasteiger partial charge in [-0.1, -0.05) is 0 Å². The molecule has 0 spiro atoms. The molecule has 0 bridgehead atoms. The fourth-order valence-corrected chi connectivity index (χ4v) is 2.33. The second-order valence-electron chi connectivity index (χ2n) is 5.83. The standard InChI is InChI=1S/C20H16N6O2/c1-13(27)22-15-6-8-17(9-7-15)24-20(28)18-10-11-19(26-25-18)23-16-4-2-14(12-21)3-5-16/h2-11H,1H3,(H,22,27)(H,23,26)(H,24,28). The van der Waals surface area contributed by atoms with Gasteiger partial charge in [-0.15, -0.1) is 10.2 Å². The number of hydrogen-bond donors (Lipinski definition) is 3. The van der Waals surface area contributed by atoms with Crippen LogP contribution in [0.2, 0.25) is 0 Å². The smallest absolute Gasteiger partial charge is 0.276 e. The third-order valence-electron chi connectivity index (χ3n) is 3.65. The molecule has 0 atom stereocenters. The number of nitrogens with zero attached hydrogens (tertiary/aromatic N) is 3. The maximum Gasteiger partial charge on any atom is 0.276 e. The van der Waals surface area contributed by atoms with Gasteiger partial charge in [0.15, 0.2) is 11.5 Å². The number of hydrogen-bond acceptors (Lipinski definition) is 6. The van der Waals surface area contributed by atoms with E-state index in [1.165, 1.54) is 6.92 Å². The third kappa shape index (κ3) is 4.89. The Morgan fingerprint density at radius 3 is 1.96 bits per heavy atom. The van der Waals surface area contributed by atoms with Crippen LogP contribution in [0.1, 0.15) is 23.0 Å². The highest BCUT2D eigenvalue weighted by molar-refractivity contribution is 6.03. The summed E-state index contributed by atoms with van der Waals surface area (Å²) in [5.41, 5.74) is 2.69. The average molecular weight is 372 g/mol. The lowest BCUT2D eigenvalue weighted by Gasteiger charge is -2.07. The number of aromatic nitrogens is 2. The van der Waals surface area contributed by atoms with E-state index in [1.54, 1.807) is 60.7 Å². The number of nitrogens with one attached hydrogen (secondary N) is 3. The van der Waals surface area contributed by atoms with Crippen LogP contribution in [-0.2, 0) is 4.79 Å². The van der Waals surface area contributed by atoms with E-state index >= 15 is 0 Å². The van der Waals surface area contributed by atoms with Crippen molar-refractivity contribution >= 4 is 34.7 Å². The molecular formula is C20H16N6O2. The van der Waals surface area contributed by atoms with E-state index in [4.69, 9.17) is 5.26 Å². The predicted octanol–water partition coefficient (Wildman–Crippen LogP) is 3.30. The number of rotatable bonds is 5. The third-order valence-corrected chi connectivity index (χ3v) is 3.65. The monoisotopic (exact) mass is 372 g/mol. The average Bonchev–Trinajstić information content (AvgIpc) is 2.70. The van der Waals surface area contributed by atoms with Gasteiger partial charge in [0, 0.05) is 24.0 Å². The minimum absolute atomic E-state index is 0.163. The van der Waals surface area contributed by atoms with Crippen molar-refractivity contribution in [2.45, 2.75) is 6.92 Å². The van der Waals surface area contributed by atoms with Crippen LogP contribution in [0.15, 0.2) is 60.7 Å². The molecule has 138 valence electrons. The molecule has 0 radical (unpaired) electrons. The van der Waals surface area contributed by atoms with Crippen LogP contribution in [-0.4, -0.2) is 22.0 Å². The zero-order valence-corrected chi connectivity index (χ0v) is 14.9. The maximum atomic E-state index is 12.3. The topological polar surface area (TPSA) is 120 Å². The van der Waals surface area contributed by atoms with Crippen LogP contribution in [0.4, 0.5) is 22.9 Å². The van der Waals surface area contributed by atoms with Crippen molar-refractivity contribution in [3.05, 3.63) is 71.9 Å². The molecule has 3 aromatic rings. The van der Waals surface area contributed by atoms with Crippen molar-refractivity contribution in [3.8, 4) is 6.07 Å². The van der Waals surface area contributed by atoms with Crippen LogP contribution in [0, 0.1) is 11.3 Å². The fourth-order valence-electron chi connectivity index (χ4n) is 2.33. The summed E-state index contributed by atoms with van der Waals surface area (Å²) < 4.78 is 0. The Morgan fingerprint density at radius 1 is 0.821 bits per heavy atom. The van der Waals surface area contributed by atoms with Gasteiger partial charge in [-0.2, -0.15) is 5.26 Å². The molecule has 28 heavy (non-hydrogen) atoms. The first-order chi connectivity index (χ1) is 13.5. The van der Waals surface area contributed by atoms with Crippen molar-refractivity contribution in [3.63, 3.8) is 0 Å². The molecule has 0 aliphatic carbocycles. The van der Waals surface area contributed by atoms with Crippen molar-refractivity contribution in [1.82, 2.24) is 10.2 Å². The van der Waals surface area contributed by atoms with Gasteiger partial charge >= 0.3 is 0 Å². The minimum atomic E-state index is -0.398. The second-order valence-corrected chi connectivity index (χ2v) is 5.83. The summed E-state index contributed by atoms with van der Waals surface area (Å²) in [5.74, 6) is -0.0904. The number of anilines is 4. The predicted molar refractivity (Wildman–Crippen MR) is 105 cm³/mol. The van der Waals surface area contributed by atoms with Gasteiger partial charge in [0.05, 0.1) is 11.6 Å². The van der Waals surface area contributed by atoms with Crippen LogP contribution < -0.4 is 16.0 Å². The molecule has 2 amide bonds. The summed E-state index contributed by atoms with van der Waals surface area (Å²) in [7, 11) is 0. The van der Waals surface area contributed by atoms with Gasteiger partial charge in [-0.05, 0) is 60.7 Å². The normalized spacial score (nSPS) is 9.86. The molecule has 1 heterocycles. The zero-order valence-electron chi connectivity index (χ0n) is 14.9. The summed E-state index contributed by atoms with van der Waals surface area (Å²) in [5, 5.41) is 25.1. The molecule has 0 aliphatic heterocycles. The van der Waals surface area contributed by atoms with Crippen LogP contribution in [0.3, 0.4) is 0 Å². The van der Waals surface area contributed by atoms with E-state index < -0.39 is 5.91 Å². The summed E-state index contributed by atoms with van der Waals surface area (Å²) >= 11 is 0. The van der Waals surface area contributed by atoms with Gasteiger partial charge in [0.25, 0.3) is 5.91 Å². The molecule has 0 saturated carbocycles. The Bertz CT molecular complexity index is 1020. The molecule has 3 N–H and O–H groups in total. The van der Waals surface area contributed by atoms with E-state index in [2.05, 4.69) is 32.2 Å². The summed E-state index contributed by atoms with van der Waals surface area (Å²) in [6, 6.07) is 18.9. The SMILES string of the molecule is CC(=O)Nc1ccc(NC(=O)c2ccc(Nc3ccc(C#N)cc3)nn2)cc1. The lowest BCUT2D eigenvalue weighted by atomic mass is 10.2. The largest absolute Gasteiger partial charge is 0.339 e. The number of benzene rings is 2. The molecule has 2 aromatic carbocycles. The highest BCUT2D eigenvalue weighted by Gasteiger charge is 2.09. The van der Waals surface area contributed by atoms with E-state index in [1.807, 2.05) is 0 Å². The van der Waals surface area contributed by atoms with Crippen LogP contribution in [0.25, 0.3) is 0 Å². The maximum absolute atomic E-state index is 12.3. The first-order valence-electron chi connectivity index (χ1n) is 8.33. The first kappa shape index (κ1) is 18.5. The van der Waals surface area contributed by atoms with Gasteiger partial charge in [-0.3, -0.25) is 9.59 Å². The van der Waals surface area contributed by atoms with Crippen LogP contribution in [0.5, 0.6) is 0 Å². The number of carbonyl (C=O) groups is 2. The molecule has 3 rings (SSSR count). The summed E-state index contributed by atoms with van der Waals surface area (Å²) in [6.07, 6.45) is 0. The number of carbonyl (C=O) groups excluding carboxylic acids is 2. The first-order valence-corrected chi connectivity index (χ1v) is 8.33. The number of amides is 2. The van der Waals surface area contributed by atoms with E-state index in [9.17, 15) is 9.59 Å². The summed E-state index contributed by atoms with van der Waals surface area (Å²) in [4.78, 5) is 23.3. The number of nitriles is 1. The lowest BCUT2D eigenvalue weighted by Crippen LogP contribution is -2.14. The Kier molecular flexibility index (Phi) is 5.58. The van der Waals surface area contributed by atoms with Gasteiger partial charge in [0.2, 0.25) is 5.91 Å². The molecule has 1 aromatic heterocycles. The molecule has 8 heteroatoms. The minimum Gasteiger partial charge on any atom is -0.339 e.